The highest BCUT2D eigenvalue weighted by Crippen LogP contribution is 2.36. The van der Waals surface area contributed by atoms with E-state index in [1.807, 2.05) is 0 Å². The molecule has 0 bridgehead atoms. The third kappa shape index (κ3) is 4.01. The van der Waals surface area contributed by atoms with Crippen molar-refractivity contribution < 1.29 is 9.53 Å². The van der Waals surface area contributed by atoms with Gasteiger partial charge in [-0.25, -0.2) is 4.98 Å². The summed E-state index contributed by atoms with van der Waals surface area (Å²) in [4.78, 5) is 16.0. The van der Waals surface area contributed by atoms with Crippen LogP contribution in [0, 0.1) is 0 Å². The second-order valence-electron chi connectivity index (χ2n) is 3.92. The molecule has 0 spiro atoms. The Balaban J connectivity index is 2.35. The Bertz CT molecular complexity index is 690. The number of amides is 1. The number of hydrogen-bond donors (Lipinski definition) is 1. The number of carbonyl (C=O) groups is 1. The van der Waals surface area contributed by atoms with Crippen LogP contribution in [-0.2, 0) is 0 Å². The van der Waals surface area contributed by atoms with Crippen LogP contribution in [0.4, 0.5) is 5.69 Å². The number of anilines is 1. The first kappa shape index (κ1) is 16.4. The number of benzene rings is 1. The van der Waals surface area contributed by atoms with Gasteiger partial charge in [0.1, 0.15) is 10.3 Å². The quantitative estimate of drug-likeness (QED) is 0.719. The fraction of sp³-hybridized carbons (Fsp3) is 0.0769. The van der Waals surface area contributed by atoms with Crippen molar-refractivity contribution in [1.82, 2.24) is 4.98 Å². The fourth-order valence-electron chi connectivity index (χ4n) is 1.65. The molecule has 4 nitrogen and oxygen atoms in total. The van der Waals surface area contributed by atoms with Crippen LogP contribution in [-0.4, -0.2) is 18.0 Å². The molecule has 1 heterocycles. The summed E-state index contributed by atoms with van der Waals surface area (Å²) in [6.07, 6.45) is 0. The van der Waals surface area contributed by atoms with Crippen LogP contribution in [0.2, 0.25) is 15.3 Å². The molecule has 1 aromatic heterocycles. The molecule has 0 atom stereocenters. The van der Waals surface area contributed by atoms with Crippen molar-refractivity contribution in [2.24, 2.45) is 0 Å². The minimum absolute atomic E-state index is 0.131. The molecule has 0 unspecified atom stereocenters. The zero-order chi connectivity index (χ0) is 15.6. The highest BCUT2D eigenvalue weighted by molar-refractivity contribution is 9.10. The maximum absolute atomic E-state index is 12.2. The third-order valence-corrected chi connectivity index (χ3v) is 3.68. The van der Waals surface area contributed by atoms with E-state index in [4.69, 9.17) is 39.5 Å². The molecule has 2 rings (SSSR count). The Morgan fingerprint density at radius 2 is 1.81 bits per heavy atom. The van der Waals surface area contributed by atoms with Gasteiger partial charge >= 0.3 is 0 Å². The molecule has 0 saturated carbocycles. The molecular weight excluding hydrogens is 402 g/mol. The van der Waals surface area contributed by atoms with Crippen LogP contribution in [0.5, 0.6) is 5.75 Å². The molecule has 21 heavy (non-hydrogen) atoms. The number of methoxy groups -OCH3 is 1. The van der Waals surface area contributed by atoms with Crippen LogP contribution in [0.25, 0.3) is 0 Å². The number of nitrogens with zero attached hydrogens (tertiary/aromatic N) is 1. The first-order valence-electron chi connectivity index (χ1n) is 5.58. The largest absolute Gasteiger partial charge is 0.493 e. The van der Waals surface area contributed by atoms with Crippen molar-refractivity contribution in [2.75, 3.05) is 12.4 Å². The van der Waals surface area contributed by atoms with Gasteiger partial charge < -0.3 is 10.1 Å². The number of ether oxygens (including phenoxy) is 1. The average molecular weight is 410 g/mol. The van der Waals surface area contributed by atoms with E-state index in [1.54, 1.807) is 12.1 Å². The molecule has 1 amide bonds. The summed E-state index contributed by atoms with van der Waals surface area (Å²) >= 11 is 20.8. The van der Waals surface area contributed by atoms with Crippen molar-refractivity contribution in [3.8, 4) is 5.75 Å². The maximum Gasteiger partial charge on any atom is 0.255 e. The highest BCUT2D eigenvalue weighted by atomic mass is 79.9. The Morgan fingerprint density at radius 3 is 2.38 bits per heavy atom. The van der Waals surface area contributed by atoms with Crippen molar-refractivity contribution >= 4 is 62.3 Å². The first-order chi connectivity index (χ1) is 9.90. The molecular formula is C13H8BrCl3N2O2. The highest BCUT2D eigenvalue weighted by Gasteiger charge is 2.14. The molecule has 8 heteroatoms. The monoisotopic (exact) mass is 408 g/mol. The van der Waals surface area contributed by atoms with E-state index in [0.29, 0.717) is 20.9 Å². The van der Waals surface area contributed by atoms with E-state index in [0.717, 1.165) is 0 Å². The topological polar surface area (TPSA) is 51.2 Å². The standard InChI is InChI=1S/C13H8BrCl3N2O2/c1-21-12-8(14)4-7(15)5-9(12)18-13(20)6-2-10(16)19-11(17)3-6/h2-5H,1H3,(H,18,20). The van der Waals surface area contributed by atoms with E-state index < -0.39 is 5.91 Å². The summed E-state index contributed by atoms with van der Waals surface area (Å²) < 4.78 is 5.85. The SMILES string of the molecule is COc1c(Br)cc(Cl)cc1NC(=O)c1cc(Cl)nc(Cl)c1. The van der Waals surface area contributed by atoms with Crippen molar-refractivity contribution in [2.45, 2.75) is 0 Å². The number of carbonyl (C=O) groups excluding carboxylic acids is 1. The molecule has 0 fully saturated rings. The summed E-state index contributed by atoms with van der Waals surface area (Å²) in [5.41, 5.74) is 0.698. The predicted molar refractivity (Wildman–Crippen MR) is 87.9 cm³/mol. The van der Waals surface area contributed by atoms with Gasteiger partial charge in [-0.1, -0.05) is 34.8 Å². The predicted octanol–water partition coefficient (Wildman–Crippen LogP) is 5.07. The lowest BCUT2D eigenvalue weighted by Crippen LogP contribution is -2.13. The maximum atomic E-state index is 12.2. The van der Waals surface area contributed by atoms with E-state index in [1.165, 1.54) is 19.2 Å². The molecule has 110 valence electrons. The van der Waals surface area contributed by atoms with Crippen LogP contribution in [0.1, 0.15) is 10.4 Å². The smallest absolute Gasteiger partial charge is 0.255 e. The number of rotatable bonds is 3. The zero-order valence-corrected chi connectivity index (χ0v) is 14.4. The lowest BCUT2D eigenvalue weighted by Gasteiger charge is -2.12. The Kier molecular flexibility index (Phi) is 5.32. The van der Waals surface area contributed by atoms with Gasteiger partial charge in [0.25, 0.3) is 5.91 Å². The minimum atomic E-state index is -0.409. The van der Waals surface area contributed by atoms with E-state index in [2.05, 4.69) is 26.2 Å². The fourth-order valence-corrected chi connectivity index (χ4v) is 3.08. The lowest BCUT2D eigenvalue weighted by atomic mass is 10.2. The zero-order valence-electron chi connectivity index (χ0n) is 10.6. The van der Waals surface area contributed by atoms with Gasteiger partial charge in [-0.3, -0.25) is 4.79 Å². The molecule has 0 radical (unpaired) electrons. The van der Waals surface area contributed by atoms with Gasteiger partial charge in [0.2, 0.25) is 0 Å². The summed E-state index contributed by atoms with van der Waals surface area (Å²) in [5.74, 6) is 0.0488. The first-order valence-corrected chi connectivity index (χ1v) is 7.51. The van der Waals surface area contributed by atoms with Gasteiger partial charge in [0, 0.05) is 10.6 Å². The number of aromatic nitrogens is 1. The average Bonchev–Trinajstić information content (AvgIpc) is 2.37. The van der Waals surface area contributed by atoms with Gasteiger partial charge in [0.05, 0.1) is 17.3 Å². The van der Waals surface area contributed by atoms with E-state index in [9.17, 15) is 4.79 Å². The molecule has 0 aliphatic heterocycles. The minimum Gasteiger partial charge on any atom is -0.493 e. The van der Waals surface area contributed by atoms with Gasteiger partial charge in [-0.15, -0.1) is 0 Å². The summed E-state index contributed by atoms with van der Waals surface area (Å²) in [7, 11) is 1.49. The number of hydrogen-bond acceptors (Lipinski definition) is 3. The number of nitrogens with one attached hydrogen (secondary N) is 1. The van der Waals surface area contributed by atoms with Gasteiger partial charge in [0.15, 0.2) is 5.75 Å². The second-order valence-corrected chi connectivity index (χ2v) is 5.99. The van der Waals surface area contributed by atoms with E-state index in [-0.39, 0.29) is 15.9 Å². The van der Waals surface area contributed by atoms with Crippen LogP contribution in [0.3, 0.4) is 0 Å². The Morgan fingerprint density at radius 1 is 1.19 bits per heavy atom. The summed E-state index contributed by atoms with van der Waals surface area (Å²) in [5, 5.41) is 3.40. The molecule has 0 saturated heterocycles. The Hall–Kier alpha value is -1.01. The number of halogens is 4. The van der Waals surface area contributed by atoms with Crippen LogP contribution in [0.15, 0.2) is 28.7 Å². The molecule has 0 aliphatic rings. The van der Waals surface area contributed by atoms with Gasteiger partial charge in [-0.05, 0) is 40.2 Å². The van der Waals surface area contributed by atoms with Crippen molar-refractivity contribution in [1.29, 1.82) is 0 Å². The van der Waals surface area contributed by atoms with Gasteiger partial charge in [-0.2, -0.15) is 0 Å². The van der Waals surface area contributed by atoms with Crippen molar-refractivity contribution in [3.05, 3.63) is 49.6 Å². The number of pyridine rings is 1. The van der Waals surface area contributed by atoms with E-state index >= 15 is 0 Å². The summed E-state index contributed by atoms with van der Waals surface area (Å²) in [6.45, 7) is 0. The second kappa shape index (κ2) is 6.83. The molecule has 1 aromatic carbocycles. The molecule has 2 aromatic rings. The van der Waals surface area contributed by atoms with Crippen LogP contribution < -0.4 is 10.1 Å². The normalized spacial score (nSPS) is 10.3. The third-order valence-electron chi connectivity index (χ3n) is 2.49. The summed E-state index contributed by atoms with van der Waals surface area (Å²) in [6, 6.07) is 6.06. The Labute approximate surface area is 144 Å². The molecule has 0 aliphatic carbocycles. The molecule has 1 N–H and O–H groups in total. The van der Waals surface area contributed by atoms with Crippen molar-refractivity contribution in [3.63, 3.8) is 0 Å². The van der Waals surface area contributed by atoms with Crippen LogP contribution >= 0.6 is 50.7 Å². The lowest BCUT2D eigenvalue weighted by molar-refractivity contribution is 0.102.